The zero-order chi connectivity index (χ0) is 20.0. The van der Waals surface area contributed by atoms with Gasteiger partial charge in [-0.1, -0.05) is 29.8 Å². The van der Waals surface area contributed by atoms with E-state index in [2.05, 4.69) is 21.2 Å². The van der Waals surface area contributed by atoms with Gasteiger partial charge in [-0.05, 0) is 85.0 Å². The Kier molecular flexibility index (Phi) is 8.59. The van der Waals surface area contributed by atoms with Gasteiger partial charge in [-0.25, -0.2) is 8.70 Å². The Labute approximate surface area is 178 Å². The van der Waals surface area contributed by atoms with Crippen molar-refractivity contribution in [2.75, 3.05) is 20.1 Å². The molecule has 0 aromatic heterocycles. The zero-order valence-corrected chi connectivity index (χ0v) is 18.8. The molecule has 0 saturated carbocycles. The van der Waals surface area contributed by atoms with Crippen LogP contribution in [0.3, 0.4) is 0 Å². The first-order valence-corrected chi connectivity index (χ1v) is 10.6. The van der Waals surface area contributed by atoms with Crippen molar-refractivity contribution in [3.63, 3.8) is 0 Å². The first-order chi connectivity index (χ1) is 12.7. The summed E-state index contributed by atoms with van der Waals surface area (Å²) in [6.07, 6.45) is 0.112. The van der Waals surface area contributed by atoms with Gasteiger partial charge in [0.15, 0.2) is 0 Å². The SMILES string of the molecule is CN(CC(O)CNC(C)(C)Cc1ccc(Cl)c(F)c1)Sc1ccccc1Br. The number of rotatable bonds is 9. The topological polar surface area (TPSA) is 35.5 Å². The molecule has 0 spiro atoms. The largest absolute Gasteiger partial charge is 0.390 e. The molecule has 2 rings (SSSR count). The number of aliphatic hydroxyl groups excluding tert-OH is 1. The monoisotopic (exact) mass is 474 g/mol. The third kappa shape index (κ3) is 7.72. The van der Waals surface area contributed by atoms with Crippen LogP contribution >= 0.6 is 39.5 Å². The van der Waals surface area contributed by atoms with Crippen LogP contribution in [-0.2, 0) is 6.42 Å². The van der Waals surface area contributed by atoms with E-state index in [1.165, 1.54) is 6.07 Å². The Hall–Kier alpha value is -0.630. The predicted molar refractivity (Wildman–Crippen MR) is 116 cm³/mol. The highest BCUT2D eigenvalue weighted by Crippen LogP contribution is 2.29. The van der Waals surface area contributed by atoms with Crippen molar-refractivity contribution in [3.8, 4) is 0 Å². The average molecular weight is 476 g/mol. The zero-order valence-electron chi connectivity index (χ0n) is 15.7. The molecule has 2 aromatic rings. The summed E-state index contributed by atoms with van der Waals surface area (Å²) in [6.45, 7) is 5.03. The smallest absolute Gasteiger partial charge is 0.142 e. The Bertz CT molecular complexity index is 763. The summed E-state index contributed by atoms with van der Waals surface area (Å²) in [6, 6.07) is 12.9. The van der Waals surface area contributed by atoms with E-state index in [1.807, 2.05) is 55.5 Å². The van der Waals surface area contributed by atoms with Gasteiger partial charge in [0, 0.05) is 28.0 Å². The van der Waals surface area contributed by atoms with Crippen LogP contribution in [-0.4, -0.2) is 41.2 Å². The summed E-state index contributed by atoms with van der Waals surface area (Å²) in [4.78, 5) is 1.10. The lowest BCUT2D eigenvalue weighted by Gasteiger charge is -2.29. The number of nitrogens with one attached hydrogen (secondary N) is 1. The van der Waals surface area contributed by atoms with Gasteiger partial charge in [-0.2, -0.15) is 0 Å². The number of nitrogens with zero attached hydrogens (tertiary/aromatic N) is 1. The van der Waals surface area contributed by atoms with Gasteiger partial charge in [0.1, 0.15) is 5.82 Å². The molecule has 1 unspecified atom stereocenters. The second-order valence-corrected chi connectivity index (χ2v) is 9.68. The minimum Gasteiger partial charge on any atom is -0.390 e. The molecule has 2 N–H and O–H groups in total. The number of β-amino-alcohol motifs (C(OH)–C–C–N with tert-alkyl or cyclic N) is 1. The summed E-state index contributed by atoms with van der Waals surface area (Å²) < 4.78 is 16.7. The number of halogens is 3. The normalized spacial score (nSPS) is 13.2. The van der Waals surface area contributed by atoms with Gasteiger partial charge < -0.3 is 10.4 Å². The molecule has 2 aromatic carbocycles. The van der Waals surface area contributed by atoms with Gasteiger partial charge in [0.05, 0.1) is 11.1 Å². The minimum absolute atomic E-state index is 0.130. The highest BCUT2D eigenvalue weighted by molar-refractivity contribution is 9.10. The standard InChI is InChI=1S/C20H25BrClFN2OS/c1-20(2,11-14-8-9-17(22)18(23)10-14)24-12-15(26)13-25(3)27-19-7-5-4-6-16(19)21/h4-10,15,24,26H,11-13H2,1-3H3. The molecule has 3 nitrogen and oxygen atoms in total. The van der Waals surface area contributed by atoms with Gasteiger partial charge in [0.25, 0.3) is 0 Å². The van der Waals surface area contributed by atoms with E-state index in [4.69, 9.17) is 11.6 Å². The Morgan fingerprint density at radius 3 is 2.67 bits per heavy atom. The van der Waals surface area contributed by atoms with E-state index in [-0.39, 0.29) is 10.6 Å². The lowest BCUT2D eigenvalue weighted by molar-refractivity contribution is 0.142. The summed E-state index contributed by atoms with van der Waals surface area (Å²) in [5.41, 5.74) is 0.584. The Morgan fingerprint density at radius 1 is 1.30 bits per heavy atom. The van der Waals surface area contributed by atoms with Crippen molar-refractivity contribution in [1.82, 2.24) is 9.62 Å². The molecular formula is C20H25BrClFN2OS. The minimum atomic E-state index is -0.522. The first-order valence-electron chi connectivity index (χ1n) is 8.67. The van der Waals surface area contributed by atoms with Crippen LogP contribution in [0.15, 0.2) is 51.8 Å². The van der Waals surface area contributed by atoms with Crippen molar-refractivity contribution in [3.05, 3.63) is 63.3 Å². The fraction of sp³-hybridized carbons (Fsp3) is 0.400. The van der Waals surface area contributed by atoms with Crippen molar-refractivity contribution in [1.29, 1.82) is 0 Å². The molecule has 0 bridgehead atoms. The second-order valence-electron chi connectivity index (χ2n) is 7.18. The summed E-state index contributed by atoms with van der Waals surface area (Å²) in [7, 11) is 1.95. The summed E-state index contributed by atoms with van der Waals surface area (Å²) in [5, 5.41) is 13.9. The third-order valence-corrected chi connectivity index (χ3v) is 6.28. The fourth-order valence-electron chi connectivity index (χ4n) is 2.70. The van der Waals surface area contributed by atoms with Gasteiger partial charge in [-0.15, -0.1) is 0 Å². The van der Waals surface area contributed by atoms with Crippen LogP contribution in [0.25, 0.3) is 0 Å². The van der Waals surface area contributed by atoms with E-state index < -0.39 is 11.9 Å². The Balaban J connectivity index is 1.81. The molecule has 0 saturated heterocycles. The summed E-state index contributed by atoms with van der Waals surface area (Å²) in [5.74, 6) is -0.407. The van der Waals surface area contributed by atoms with Crippen LogP contribution in [0.4, 0.5) is 4.39 Å². The lowest BCUT2D eigenvalue weighted by atomic mass is 9.94. The van der Waals surface area contributed by atoms with E-state index in [0.717, 1.165) is 14.9 Å². The highest BCUT2D eigenvalue weighted by Gasteiger charge is 2.20. The van der Waals surface area contributed by atoms with Crippen molar-refractivity contribution in [2.24, 2.45) is 0 Å². The molecule has 0 radical (unpaired) electrons. The number of likely N-dealkylation sites (N-methyl/N-ethyl adjacent to an activating group) is 1. The van der Waals surface area contributed by atoms with E-state index in [9.17, 15) is 9.50 Å². The highest BCUT2D eigenvalue weighted by atomic mass is 79.9. The third-order valence-electron chi connectivity index (χ3n) is 4.01. The molecule has 0 aliphatic carbocycles. The molecule has 0 heterocycles. The molecule has 7 heteroatoms. The van der Waals surface area contributed by atoms with E-state index in [0.29, 0.717) is 19.5 Å². The molecule has 148 valence electrons. The number of hydrogen-bond acceptors (Lipinski definition) is 4. The maximum atomic E-state index is 13.6. The number of benzene rings is 2. The summed E-state index contributed by atoms with van der Waals surface area (Å²) >= 11 is 10.9. The molecule has 0 amide bonds. The second kappa shape index (κ2) is 10.2. The van der Waals surface area contributed by atoms with Crippen molar-refractivity contribution < 1.29 is 9.50 Å². The fourth-order valence-corrected chi connectivity index (χ4v) is 4.20. The van der Waals surface area contributed by atoms with Gasteiger partial charge in [0.2, 0.25) is 0 Å². The number of aliphatic hydroxyl groups is 1. The van der Waals surface area contributed by atoms with Crippen LogP contribution in [0.1, 0.15) is 19.4 Å². The number of hydrogen-bond donors (Lipinski definition) is 2. The molecular weight excluding hydrogens is 451 g/mol. The van der Waals surface area contributed by atoms with Crippen molar-refractivity contribution >= 4 is 39.5 Å². The molecule has 1 atom stereocenters. The van der Waals surface area contributed by atoms with Crippen LogP contribution in [0, 0.1) is 5.82 Å². The first kappa shape index (κ1) is 22.7. The maximum absolute atomic E-state index is 13.6. The quantitative estimate of drug-likeness (QED) is 0.492. The molecule has 0 aliphatic rings. The average Bonchev–Trinajstić information content (AvgIpc) is 2.58. The van der Waals surface area contributed by atoms with Crippen LogP contribution in [0.5, 0.6) is 0 Å². The van der Waals surface area contributed by atoms with Gasteiger partial charge >= 0.3 is 0 Å². The molecule has 27 heavy (non-hydrogen) atoms. The maximum Gasteiger partial charge on any atom is 0.142 e. The van der Waals surface area contributed by atoms with Crippen LogP contribution < -0.4 is 5.32 Å². The van der Waals surface area contributed by atoms with Gasteiger partial charge in [-0.3, -0.25) is 0 Å². The molecule has 0 aliphatic heterocycles. The van der Waals surface area contributed by atoms with E-state index >= 15 is 0 Å². The van der Waals surface area contributed by atoms with Crippen LogP contribution in [0.2, 0.25) is 5.02 Å². The predicted octanol–water partition coefficient (Wildman–Crippen LogP) is 5.15. The van der Waals surface area contributed by atoms with E-state index in [1.54, 1.807) is 18.0 Å². The Morgan fingerprint density at radius 2 is 2.00 bits per heavy atom. The molecule has 0 fully saturated rings. The van der Waals surface area contributed by atoms with Crippen molar-refractivity contribution in [2.45, 2.75) is 36.8 Å². The lowest BCUT2D eigenvalue weighted by Crippen LogP contribution is -2.46.